The first-order chi connectivity index (χ1) is 7.68. The summed E-state index contributed by atoms with van der Waals surface area (Å²) >= 11 is 0. The number of carboxylic acids is 1. The highest BCUT2D eigenvalue weighted by Crippen LogP contribution is 2.29. The van der Waals surface area contributed by atoms with Crippen LogP contribution in [0.2, 0.25) is 0 Å². The number of piperidine rings is 1. The zero-order chi connectivity index (χ0) is 11.5. The first-order valence-corrected chi connectivity index (χ1v) is 6.03. The molecule has 2 heterocycles. The summed E-state index contributed by atoms with van der Waals surface area (Å²) in [5.74, 6) is -0.225. The largest absolute Gasteiger partial charge is 0.478 e. The Morgan fingerprint density at radius 3 is 2.75 bits per heavy atom. The Morgan fingerprint density at radius 2 is 2.12 bits per heavy atom. The molecule has 0 saturated carbocycles. The van der Waals surface area contributed by atoms with E-state index in [2.05, 4.69) is 17.3 Å². The predicted molar refractivity (Wildman–Crippen MR) is 62.4 cm³/mol. The Balaban J connectivity index is 2.20. The first-order valence-electron chi connectivity index (χ1n) is 6.03. The molecule has 0 aromatic carbocycles. The van der Waals surface area contributed by atoms with Crippen LogP contribution in [0.5, 0.6) is 0 Å². The molecule has 4 heteroatoms. The molecule has 90 valence electrons. The number of nitrogens with one attached hydrogen (secondary N) is 1. The second-order valence-corrected chi connectivity index (χ2v) is 4.82. The fourth-order valence-electron chi connectivity index (χ4n) is 2.72. The molecule has 16 heavy (non-hydrogen) atoms. The highest BCUT2D eigenvalue weighted by Gasteiger charge is 2.27. The van der Waals surface area contributed by atoms with Crippen molar-refractivity contribution in [3.05, 3.63) is 11.1 Å². The Labute approximate surface area is 96.3 Å². The monoisotopic (exact) mass is 224 g/mol. The van der Waals surface area contributed by atoms with E-state index in [1.54, 1.807) is 0 Å². The number of carbonyl (C=O) groups is 1. The second-order valence-electron chi connectivity index (χ2n) is 4.82. The normalized spacial score (nSPS) is 24.8. The Hall–Kier alpha value is -0.870. The number of aliphatic carboxylic acids is 1. The van der Waals surface area contributed by atoms with Gasteiger partial charge in [0.25, 0.3) is 0 Å². The van der Waals surface area contributed by atoms with Gasteiger partial charge in [-0.25, -0.2) is 4.79 Å². The standard InChI is InChI=1S/C12H20N2O2/c1-14-7-4-10(12(15)16)11(8-14)9-2-5-13-6-3-9/h9,13H,2-8H2,1H3,(H,15,16). The Morgan fingerprint density at radius 1 is 1.44 bits per heavy atom. The Bertz CT molecular complexity index is 306. The predicted octanol–water partition coefficient (Wildman–Crippen LogP) is 0.703. The molecule has 0 aliphatic carbocycles. The molecule has 0 radical (unpaired) electrons. The van der Waals surface area contributed by atoms with E-state index in [-0.39, 0.29) is 0 Å². The number of rotatable bonds is 2. The van der Waals surface area contributed by atoms with Gasteiger partial charge < -0.3 is 15.3 Å². The van der Waals surface area contributed by atoms with E-state index in [0.29, 0.717) is 17.9 Å². The SMILES string of the molecule is CN1CCC(C(=O)O)=C(C2CCNCC2)C1. The minimum absolute atomic E-state index is 0.482. The van der Waals surface area contributed by atoms with E-state index >= 15 is 0 Å². The average molecular weight is 224 g/mol. The van der Waals surface area contributed by atoms with Gasteiger partial charge in [-0.05, 0) is 50.9 Å². The molecule has 0 amide bonds. The lowest BCUT2D eigenvalue weighted by Crippen LogP contribution is -2.36. The van der Waals surface area contributed by atoms with Crippen molar-refractivity contribution in [3.63, 3.8) is 0 Å². The smallest absolute Gasteiger partial charge is 0.331 e. The topological polar surface area (TPSA) is 52.6 Å². The van der Waals surface area contributed by atoms with E-state index in [1.165, 1.54) is 5.57 Å². The molecular formula is C12H20N2O2. The van der Waals surface area contributed by atoms with Gasteiger partial charge in [-0.15, -0.1) is 0 Å². The first kappa shape index (κ1) is 11.6. The molecule has 1 fully saturated rings. The van der Waals surface area contributed by atoms with Crippen molar-refractivity contribution in [1.82, 2.24) is 10.2 Å². The number of nitrogens with zero attached hydrogens (tertiary/aromatic N) is 1. The van der Waals surface area contributed by atoms with E-state index < -0.39 is 5.97 Å². The summed E-state index contributed by atoms with van der Waals surface area (Å²) in [5, 5.41) is 12.6. The van der Waals surface area contributed by atoms with Gasteiger partial charge >= 0.3 is 5.97 Å². The van der Waals surface area contributed by atoms with E-state index in [0.717, 1.165) is 39.0 Å². The maximum atomic E-state index is 11.2. The summed E-state index contributed by atoms with van der Waals surface area (Å²) in [5.41, 5.74) is 1.87. The van der Waals surface area contributed by atoms with Crippen LogP contribution in [0.25, 0.3) is 0 Å². The summed E-state index contributed by atoms with van der Waals surface area (Å²) in [6, 6.07) is 0. The number of carboxylic acid groups (broad SMARTS) is 1. The van der Waals surface area contributed by atoms with Crippen LogP contribution >= 0.6 is 0 Å². The lowest BCUT2D eigenvalue weighted by Gasteiger charge is -2.33. The van der Waals surface area contributed by atoms with Crippen LogP contribution in [0, 0.1) is 5.92 Å². The molecule has 2 aliphatic heterocycles. The fourth-order valence-corrected chi connectivity index (χ4v) is 2.72. The van der Waals surface area contributed by atoms with Crippen LogP contribution in [0.4, 0.5) is 0 Å². The number of hydrogen-bond donors (Lipinski definition) is 2. The van der Waals surface area contributed by atoms with Crippen LogP contribution in [0.1, 0.15) is 19.3 Å². The zero-order valence-corrected chi connectivity index (χ0v) is 9.83. The van der Waals surface area contributed by atoms with Crippen LogP contribution in [-0.4, -0.2) is 49.2 Å². The van der Waals surface area contributed by atoms with Crippen molar-refractivity contribution in [2.24, 2.45) is 5.92 Å². The van der Waals surface area contributed by atoms with Crippen molar-refractivity contribution < 1.29 is 9.90 Å². The van der Waals surface area contributed by atoms with Crippen molar-refractivity contribution >= 4 is 5.97 Å². The fraction of sp³-hybridized carbons (Fsp3) is 0.750. The summed E-state index contributed by atoms with van der Waals surface area (Å²) in [4.78, 5) is 13.4. The second kappa shape index (κ2) is 4.97. The van der Waals surface area contributed by atoms with Crippen molar-refractivity contribution in [2.45, 2.75) is 19.3 Å². The van der Waals surface area contributed by atoms with Gasteiger partial charge in [-0.1, -0.05) is 0 Å². The molecule has 0 unspecified atom stereocenters. The molecule has 0 bridgehead atoms. The molecule has 4 nitrogen and oxygen atoms in total. The maximum absolute atomic E-state index is 11.2. The van der Waals surface area contributed by atoms with Gasteiger partial charge in [0.05, 0.1) is 0 Å². The summed E-state index contributed by atoms with van der Waals surface area (Å²) in [6.45, 7) is 3.75. The van der Waals surface area contributed by atoms with Crippen LogP contribution in [0.15, 0.2) is 11.1 Å². The van der Waals surface area contributed by atoms with Crippen molar-refractivity contribution in [3.8, 4) is 0 Å². The molecule has 2 N–H and O–H groups in total. The minimum Gasteiger partial charge on any atom is -0.478 e. The third kappa shape index (κ3) is 2.44. The van der Waals surface area contributed by atoms with Gasteiger partial charge in [0.2, 0.25) is 0 Å². The molecule has 0 aromatic heterocycles. The van der Waals surface area contributed by atoms with Gasteiger partial charge in [-0.3, -0.25) is 0 Å². The van der Waals surface area contributed by atoms with Gasteiger partial charge in [0.1, 0.15) is 0 Å². The highest BCUT2D eigenvalue weighted by molar-refractivity contribution is 5.88. The third-order valence-corrected chi connectivity index (χ3v) is 3.66. The van der Waals surface area contributed by atoms with E-state index in [9.17, 15) is 9.90 Å². The Kier molecular flexibility index (Phi) is 3.61. The van der Waals surface area contributed by atoms with Crippen molar-refractivity contribution in [1.29, 1.82) is 0 Å². The van der Waals surface area contributed by atoms with Crippen LogP contribution in [0.3, 0.4) is 0 Å². The number of likely N-dealkylation sites (N-methyl/N-ethyl adjacent to an activating group) is 1. The quantitative estimate of drug-likeness (QED) is 0.725. The molecule has 1 saturated heterocycles. The van der Waals surface area contributed by atoms with Crippen LogP contribution < -0.4 is 5.32 Å². The molecule has 2 rings (SSSR count). The molecule has 0 atom stereocenters. The molecular weight excluding hydrogens is 204 g/mol. The summed E-state index contributed by atoms with van der Waals surface area (Å²) in [6.07, 6.45) is 2.87. The van der Waals surface area contributed by atoms with Gasteiger partial charge in [-0.2, -0.15) is 0 Å². The van der Waals surface area contributed by atoms with Gasteiger partial charge in [0, 0.05) is 18.7 Å². The highest BCUT2D eigenvalue weighted by atomic mass is 16.4. The maximum Gasteiger partial charge on any atom is 0.331 e. The lowest BCUT2D eigenvalue weighted by molar-refractivity contribution is -0.133. The number of hydrogen-bond acceptors (Lipinski definition) is 3. The molecule has 0 aromatic rings. The average Bonchev–Trinajstić information content (AvgIpc) is 2.29. The van der Waals surface area contributed by atoms with Crippen molar-refractivity contribution in [2.75, 3.05) is 33.2 Å². The third-order valence-electron chi connectivity index (χ3n) is 3.66. The lowest BCUT2D eigenvalue weighted by atomic mass is 9.84. The zero-order valence-electron chi connectivity index (χ0n) is 9.83. The minimum atomic E-state index is -0.707. The molecule has 2 aliphatic rings. The molecule has 0 spiro atoms. The van der Waals surface area contributed by atoms with E-state index in [4.69, 9.17) is 0 Å². The van der Waals surface area contributed by atoms with Gasteiger partial charge in [0.15, 0.2) is 0 Å². The van der Waals surface area contributed by atoms with Crippen LogP contribution in [-0.2, 0) is 4.79 Å². The van der Waals surface area contributed by atoms with E-state index in [1.807, 2.05) is 0 Å². The summed E-state index contributed by atoms with van der Waals surface area (Å²) < 4.78 is 0. The summed E-state index contributed by atoms with van der Waals surface area (Å²) in [7, 11) is 2.07.